The molecule has 0 spiro atoms. The highest BCUT2D eigenvalue weighted by atomic mass is 127. The molecule has 0 saturated carbocycles. The van der Waals surface area contributed by atoms with Crippen molar-refractivity contribution in [2.45, 2.75) is 39.8 Å². The summed E-state index contributed by atoms with van der Waals surface area (Å²) < 4.78 is 21.1. The van der Waals surface area contributed by atoms with Crippen LogP contribution in [0, 0.1) is 10.7 Å². The van der Waals surface area contributed by atoms with Crippen molar-refractivity contribution in [1.29, 1.82) is 0 Å². The standard InChI is InChI=1S/C22H26I3N3O10/c1-9(29)35-5-13(6-36-10(2)30)27-20-18(24)15(21(26)33)17(23)16(19(20)25)22(34)28-14(7-37-11(3)31)8-38-12(4)32/h13-14,27H,5-8H2,1-4H3,(H2,26,33)(H,28,34). The van der Waals surface area contributed by atoms with Crippen LogP contribution in [0.3, 0.4) is 0 Å². The number of primary amides is 1. The highest BCUT2D eigenvalue weighted by molar-refractivity contribution is 14.1. The van der Waals surface area contributed by atoms with Crippen LogP contribution in [0.25, 0.3) is 0 Å². The molecule has 0 aliphatic rings. The van der Waals surface area contributed by atoms with Gasteiger partial charge in [-0.15, -0.1) is 0 Å². The van der Waals surface area contributed by atoms with E-state index < -0.39 is 47.8 Å². The number of esters is 4. The molecule has 0 aliphatic carbocycles. The first kappa shape index (κ1) is 34.1. The molecule has 0 unspecified atom stereocenters. The van der Waals surface area contributed by atoms with E-state index in [4.69, 9.17) is 24.7 Å². The molecule has 1 rings (SSSR count). The average molecular weight is 873 g/mol. The Morgan fingerprint density at radius 2 is 1.03 bits per heavy atom. The number of amides is 2. The maximum atomic E-state index is 13.4. The number of benzene rings is 1. The highest BCUT2D eigenvalue weighted by Crippen LogP contribution is 2.36. The Morgan fingerprint density at radius 1 is 0.658 bits per heavy atom. The van der Waals surface area contributed by atoms with Crippen LogP contribution in [-0.4, -0.2) is 74.2 Å². The molecule has 0 fully saturated rings. The molecule has 1 aromatic carbocycles. The average Bonchev–Trinajstić information content (AvgIpc) is 2.78. The molecule has 4 N–H and O–H groups in total. The van der Waals surface area contributed by atoms with E-state index in [9.17, 15) is 28.8 Å². The minimum absolute atomic E-state index is 0.0505. The summed E-state index contributed by atoms with van der Waals surface area (Å²) in [4.78, 5) is 71.1. The predicted molar refractivity (Wildman–Crippen MR) is 158 cm³/mol. The van der Waals surface area contributed by atoms with E-state index in [1.54, 1.807) is 0 Å². The first-order valence-corrected chi connectivity index (χ1v) is 14.0. The van der Waals surface area contributed by atoms with Gasteiger partial charge in [0, 0.05) is 31.3 Å². The topological polar surface area (TPSA) is 189 Å². The van der Waals surface area contributed by atoms with Gasteiger partial charge >= 0.3 is 23.9 Å². The summed E-state index contributed by atoms with van der Waals surface area (Å²) in [7, 11) is 0. The third-order valence-electron chi connectivity index (χ3n) is 4.43. The van der Waals surface area contributed by atoms with Crippen LogP contribution in [-0.2, 0) is 38.1 Å². The van der Waals surface area contributed by atoms with Gasteiger partial charge in [-0.1, -0.05) is 0 Å². The fourth-order valence-electron chi connectivity index (χ4n) is 2.80. The molecule has 0 aliphatic heterocycles. The lowest BCUT2D eigenvalue weighted by molar-refractivity contribution is -0.146. The number of anilines is 1. The Hall–Kier alpha value is -1.97. The van der Waals surface area contributed by atoms with Crippen LogP contribution in [0.15, 0.2) is 0 Å². The number of carbonyl (C=O) groups is 6. The Balaban J connectivity index is 3.51. The number of nitrogens with one attached hydrogen (secondary N) is 2. The molecule has 0 aromatic heterocycles. The minimum atomic E-state index is -0.893. The zero-order valence-corrected chi connectivity index (χ0v) is 27.2. The first-order chi connectivity index (χ1) is 17.6. The predicted octanol–water partition coefficient (Wildman–Crippen LogP) is 1.73. The molecule has 2 amide bonds. The van der Waals surface area contributed by atoms with E-state index in [0.717, 1.165) is 0 Å². The second kappa shape index (κ2) is 16.2. The van der Waals surface area contributed by atoms with Crippen molar-refractivity contribution in [3.8, 4) is 0 Å². The van der Waals surface area contributed by atoms with E-state index in [2.05, 4.69) is 10.6 Å². The number of carbonyl (C=O) groups excluding carboxylic acids is 6. The lowest BCUT2D eigenvalue weighted by Crippen LogP contribution is -2.43. The van der Waals surface area contributed by atoms with Crippen LogP contribution in [0.1, 0.15) is 48.4 Å². The zero-order chi connectivity index (χ0) is 29.2. The second-order valence-electron chi connectivity index (χ2n) is 7.65. The third kappa shape index (κ3) is 11.0. The fourth-order valence-corrected chi connectivity index (χ4v) is 7.30. The van der Waals surface area contributed by atoms with Crippen molar-refractivity contribution in [2.24, 2.45) is 5.73 Å². The van der Waals surface area contributed by atoms with Crippen molar-refractivity contribution in [3.05, 3.63) is 21.8 Å². The van der Waals surface area contributed by atoms with Crippen molar-refractivity contribution in [3.63, 3.8) is 0 Å². The van der Waals surface area contributed by atoms with Gasteiger partial charge in [0.25, 0.3) is 11.8 Å². The van der Waals surface area contributed by atoms with Gasteiger partial charge in [0.2, 0.25) is 0 Å². The normalized spacial score (nSPS) is 10.6. The van der Waals surface area contributed by atoms with Crippen LogP contribution in [0.2, 0.25) is 0 Å². The number of halogens is 3. The number of nitrogens with two attached hydrogens (primary N) is 1. The van der Waals surface area contributed by atoms with Crippen molar-refractivity contribution >= 4 is 109 Å². The van der Waals surface area contributed by atoms with Gasteiger partial charge in [-0.25, -0.2) is 0 Å². The maximum absolute atomic E-state index is 13.4. The summed E-state index contributed by atoms with van der Waals surface area (Å²) in [5.74, 6) is -3.78. The Morgan fingerprint density at radius 3 is 1.39 bits per heavy atom. The summed E-state index contributed by atoms with van der Waals surface area (Å²) in [6.45, 7) is 3.92. The van der Waals surface area contributed by atoms with Gasteiger partial charge in [0.05, 0.1) is 36.0 Å². The lowest BCUT2D eigenvalue weighted by atomic mass is 10.1. The fraction of sp³-hybridized carbons (Fsp3) is 0.455. The molecule has 38 heavy (non-hydrogen) atoms. The van der Waals surface area contributed by atoms with Crippen molar-refractivity contribution < 1.29 is 47.7 Å². The molecule has 13 nitrogen and oxygen atoms in total. The highest BCUT2D eigenvalue weighted by Gasteiger charge is 2.29. The minimum Gasteiger partial charge on any atom is -0.464 e. The van der Waals surface area contributed by atoms with Gasteiger partial charge < -0.3 is 35.3 Å². The largest absolute Gasteiger partial charge is 0.464 e. The van der Waals surface area contributed by atoms with Crippen LogP contribution >= 0.6 is 67.8 Å². The number of hydrogen-bond donors (Lipinski definition) is 3. The lowest BCUT2D eigenvalue weighted by Gasteiger charge is -2.25. The second-order valence-corrected chi connectivity index (χ2v) is 10.9. The van der Waals surface area contributed by atoms with E-state index in [0.29, 0.717) is 12.8 Å². The molecule has 0 bridgehead atoms. The third-order valence-corrected chi connectivity index (χ3v) is 7.66. The zero-order valence-electron chi connectivity index (χ0n) is 20.8. The molecular formula is C22H26I3N3O10. The molecular weight excluding hydrogens is 847 g/mol. The molecule has 16 heteroatoms. The number of ether oxygens (including phenoxy) is 4. The molecule has 0 atom stereocenters. The van der Waals surface area contributed by atoms with E-state index in [1.165, 1.54) is 27.7 Å². The Kier molecular flexibility index (Phi) is 14.5. The Labute approximate surface area is 259 Å². The molecule has 0 heterocycles. The van der Waals surface area contributed by atoms with Crippen molar-refractivity contribution in [2.75, 3.05) is 31.7 Å². The van der Waals surface area contributed by atoms with Crippen LogP contribution < -0.4 is 16.4 Å². The first-order valence-electron chi connectivity index (χ1n) is 10.8. The van der Waals surface area contributed by atoms with Gasteiger partial charge in [-0.3, -0.25) is 28.8 Å². The van der Waals surface area contributed by atoms with E-state index >= 15 is 0 Å². The van der Waals surface area contributed by atoms with Crippen LogP contribution in [0.5, 0.6) is 0 Å². The number of hydrogen-bond acceptors (Lipinski definition) is 11. The quantitative estimate of drug-likeness (QED) is 0.149. The van der Waals surface area contributed by atoms with Gasteiger partial charge in [-0.05, 0) is 67.8 Å². The van der Waals surface area contributed by atoms with Gasteiger partial charge in [-0.2, -0.15) is 0 Å². The smallest absolute Gasteiger partial charge is 0.302 e. The molecule has 210 valence electrons. The van der Waals surface area contributed by atoms with E-state index in [-0.39, 0.29) is 41.1 Å². The van der Waals surface area contributed by atoms with Crippen molar-refractivity contribution in [1.82, 2.24) is 5.32 Å². The molecule has 0 radical (unpaired) electrons. The molecule has 1 aromatic rings. The summed E-state index contributed by atoms with van der Waals surface area (Å²) in [6.07, 6.45) is 0. The van der Waals surface area contributed by atoms with Gasteiger partial charge in [0.1, 0.15) is 26.4 Å². The summed E-state index contributed by atoms with van der Waals surface area (Å²) in [6, 6.07) is -1.63. The van der Waals surface area contributed by atoms with Crippen LogP contribution in [0.4, 0.5) is 5.69 Å². The molecule has 0 saturated heterocycles. The summed E-state index contributed by atoms with van der Waals surface area (Å²) in [5.41, 5.74) is 6.06. The summed E-state index contributed by atoms with van der Waals surface area (Å²) in [5, 5.41) is 5.73. The maximum Gasteiger partial charge on any atom is 0.302 e. The van der Waals surface area contributed by atoms with E-state index in [1.807, 2.05) is 67.8 Å². The summed E-state index contributed by atoms with van der Waals surface area (Å²) >= 11 is 5.63. The van der Waals surface area contributed by atoms with Gasteiger partial charge in [0.15, 0.2) is 0 Å². The number of rotatable bonds is 13. The SMILES string of the molecule is CC(=O)OCC(COC(C)=O)NC(=O)c1c(I)c(NC(COC(C)=O)COC(C)=O)c(I)c(C(N)=O)c1I. The monoisotopic (exact) mass is 873 g/mol. The Bertz CT molecular complexity index is 1080.